The maximum atomic E-state index is 12.7. The summed E-state index contributed by atoms with van der Waals surface area (Å²) in [4.78, 5) is 12.7. The summed E-state index contributed by atoms with van der Waals surface area (Å²) < 4.78 is 13.0. The van der Waals surface area contributed by atoms with Crippen LogP contribution in [0.3, 0.4) is 0 Å². The number of hydrazone groups is 1. The maximum absolute atomic E-state index is 12.7. The summed E-state index contributed by atoms with van der Waals surface area (Å²) in [5.74, 6) is 1.27. The monoisotopic (exact) mass is 461 g/mol. The summed E-state index contributed by atoms with van der Waals surface area (Å²) in [6.07, 6.45) is 0.622. The number of hydrogen-bond donors (Lipinski definition) is 1. The Labute approximate surface area is 200 Å². The Morgan fingerprint density at radius 1 is 1.09 bits per heavy atom. The first kappa shape index (κ1) is 23.4. The molecule has 8 heteroatoms. The molecule has 1 unspecified atom stereocenters. The molecule has 0 bridgehead atoms. The highest BCUT2D eigenvalue weighted by Gasteiger charge is 2.28. The molecule has 0 aliphatic carbocycles. The lowest BCUT2D eigenvalue weighted by Crippen LogP contribution is -2.41. The van der Waals surface area contributed by atoms with Gasteiger partial charge in [0.05, 0.1) is 31.7 Å². The molecule has 1 atom stereocenters. The third-order valence-corrected chi connectivity index (χ3v) is 6.36. The molecule has 2 heterocycles. The number of carbonyl (C=O) groups excluding carboxylic acids is 1. The number of fused-ring (bicyclic) bond motifs is 1. The summed E-state index contributed by atoms with van der Waals surface area (Å²) in [6.45, 7) is 6.06. The van der Waals surface area contributed by atoms with Gasteiger partial charge < -0.3 is 14.8 Å². The normalized spacial score (nSPS) is 15.3. The van der Waals surface area contributed by atoms with Crippen molar-refractivity contribution in [2.75, 3.05) is 21.3 Å². The van der Waals surface area contributed by atoms with Crippen molar-refractivity contribution in [3.8, 4) is 22.6 Å². The fraction of sp³-hybridized carbons (Fsp3) is 0.346. The molecule has 8 nitrogen and oxygen atoms in total. The summed E-state index contributed by atoms with van der Waals surface area (Å²) in [6, 6.07) is 11.7. The number of methoxy groups -OCH3 is 2. The van der Waals surface area contributed by atoms with Crippen molar-refractivity contribution in [1.29, 1.82) is 0 Å². The number of amides is 2. The van der Waals surface area contributed by atoms with E-state index in [-0.39, 0.29) is 12.1 Å². The van der Waals surface area contributed by atoms with E-state index in [1.807, 2.05) is 49.8 Å². The van der Waals surface area contributed by atoms with Crippen LogP contribution < -0.4 is 14.8 Å². The Bertz CT molecular complexity index is 1280. The van der Waals surface area contributed by atoms with Crippen molar-refractivity contribution in [2.45, 2.75) is 33.2 Å². The lowest BCUT2D eigenvalue weighted by atomic mass is 9.92. The number of aryl methyl sites for hydroxylation is 2. The molecule has 0 saturated carbocycles. The average molecular weight is 462 g/mol. The van der Waals surface area contributed by atoms with Gasteiger partial charge in [0.25, 0.3) is 0 Å². The van der Waals surface area contributed by atoms with Gasteiger partial charge in [-0.25, -0.2) is 9.80 Å². The Morgan fingerprint density at radius 2 is 1.76 bits per heavy atom. The molecule has 0 radical (unpaired) electrons. The van der Waals surface area contributed by atoms with Crippen molar-refractivity contribution in [1.82, 2.24) is 20.1 Å². The first-order valence-corrected chi connectivity index (χ1v) is 11.2. The summed E-state index contributed by atoms with van der Waals surface area (Å²) in [5.41, 5.74) is 7.75. The van der Waals surface area contributed by atoms with Gasteiger partial charge in [-0.2, -0.15) is 10.2 Å². The second-order valence-corrected chi connectivity index (χ2v) is 8.52. The lowest BCUT2D eigenvalue weighted by Gasteiger charge is -2.22. The predicted octanol–water partition coefficient (Wildman–Crippen LogP) is 4.06. The van der Waals surface area contributed by atoms with Gasteiger partial charge in [-0.15, -0.1) is 0 Å². The van der Waals surface area contributed by atoms with E-state index in [4.69, 9.17) is 14.6 Å². The zero-order chi connectivity index (χ0) is 24.6. The summed E-state index contributed by atoms with van der Waals surface area (Å²) >= 11 is 0. The van der Waals surface area contributed by atoms with E-state index in [0.717, 1.165) is 39.2 Å². The van der Waals surface area contributed by atoms with E-state index in [1.54, 1.807) is 21.3 Å². The number of nitrogens with zero attached hydrogens (tertiary/aromatic N) is 4. The number of nitrogens with one attached hydrogen (secondary N) is 1. The van der Waals surface area contributed by atoms with Crippen LogP contribution in [0.15, 0.2) is 41.5 Å². The van der Waals surface area contributed by atoms with Crippen LogP contribution in [0.25, 0.3) is 11.1 Å². The molecule has 0 fully saturated rings. The fourth-order valence-corrected chi connectivity index (χ4v) is 4.56. The van der Waals surface area contributed by atoms with Gasteiger partial charge in [0.1, 0.15) is 0 Å². The number of benzene rings is 2. The molecule has 0 saturated heterocycles. The van der Waals surface area contributed by atoms with Crippen molar-refractivity contribution in [3.05, 3.63) is 64.5 Å². The van der Waals surface area contributed by atoms with E-state index in [9.17, 15) is 4.79 Å². The van der Waals surface area contributed by atoms with Gasteiger partial charge in [-0.05, 0) is 56.5 Å². The number of ether oxygens (including phenoxy) is 2. The van der Waals surface area contributed by atoms with E-state index in [1.165, 1.54) is 5.01 Å². The molecule has 34 heavy (non-hydrogen) atoms. The highest BCUT2D eigenvalue weighted by molar-refractivity contribution is 6.15. The Morgan fingerprint density at radius 3 is 2.38 bits per heavy atom. The second-order valence-electron chi connectivity index (χ2n) is 8.52. The van der Waals surface area contributed by atoms with Crippen LogP contribution in [-0.4, -0.2) is 53.8 Å². The van der Waals surface area contributed by atoms with Crippen LogP contribution in [0.5, 0.6) is 11.5 Å². The molecule has 0 spiro atoms. The lowest BCUT2D eigenvalue weighted by molar-refractivity contribution is 0.184. The first-order valence-electron chi connectivity index (χ1n) is 11.2. The zero-order valence-corrected chi connectivity index (χ0v) is 20.8. The van der Waals surface area contributed by atoms with E-state index < -0.39 is 0 Å². The van der Waals surface area contributed by atoms with Crippen LogP contribution in [0.1, 0.15) is 35.0 Å². The molecule has 1 aliphatic rings. The van der Waals surface area contributed by atoms with Crippen LogP contribution in [0.4, 0.5) is 4.79 Å². The predicted molar refractivity (Wildman–Crippen MR) is 133 cm³/mol. The molecule has 2 aromatic carbocycles. The highest BCUT2D eigenvalue weighted by Crippen LogP contribution is 2.35. The van der Waals surface area contributed by atoms with Crippen LogP contribution in [-0.2, 0) is 13.5 Å². The third-order valence-electron chi connectivity index (χ3n) is 6.36. The minimum atomic E-state index is -0.258. The van der Waals surface area contributed by atoms with E-state index >= 15 is 0 Å². The molecule has 1 N–H and O–H groups in total. The Kier molecular flexibility index (Phi) is 6.32. The number of aromatic nitrogens is 2. The molecule has 4 rings (SSSR count). The largest absolute Gasteiger partial charge is 0.493 e. The summed E-state index contributed by atoms with van der Waals surface area (Å²) in [5, 5.41) is 13.7. The fourth-order valence-electron chi connectivity index (χ4n) is 4.56. The molecule has 1 aromatic heterocycles. The van der Waals surface area contributed by atoms with Gasteiger partial charge in [0, 0.05) is 36.5 Å². The maximum Gasteiger partial charge on any atom is 0.337 e. The molecule has 1 aliphatic heterocycles. The van der Waals surface area contributed by atoms with Gasteiger partial charge >= 0.3 is 6.03 Å². The number of rotatable bonds is 4. The molecule has 2 amide bonds. The third kappa shape index (κ3) is 4.00. The minimum Gasteiger partial charge on any atom is -0.493 e. The van der Waals surface area contributed by atoms with Crippen molar-refractivity contribution in [3.63, 3.8) is 0 Å². The van der Waals surface area contributed by atoms with Gasteiger partial charge in [-0.1, -0.05) is 18.2 Å². The minimum absolute atomic E-state index is 0.153. The quantitative estimate of drug-likeness (QED) is 0.635. The van der Waals surface area contributed by atoms with Gasteiger partial charge in [0.2, 0.25) is 0 Å². The molecule has 3 aromatic rings. The summed E-state index contributed by atoms with van der Waals surface area (Å²) in [7, 11) is 6.80. The van der Waals surface area contributed by atoms with Crippen molar-refractivity contribution >= 4 is 11.7 Å². The van der Waals surface area contributed by atoms with Crippen LogP contribution in [0, 0.1) is 13.8 Å². The number of urea groups is 1. The topological polar surface area (TPSA) is 81.0 Å². The SMILES string of the molecule is CNC(=O)N1N=C(c2cccc(-c3c(C)nn(C)c3C)c2)c2cc(OC)c(OC)cc2CC1C. The van der Waals surface area contributed by atoms with E-state index in [2.05, 4.69) is 29.5 Å². The average Bonchev–Trinajstić information content (AvgIpc) is 3.00. The number of carbonyl (C=O) groups is 1. The van der Waals surface area contributed by atoms with Crippen molar-refractivity contribution < 1.29 is 14.3 Å². The zero-order valence-electron chi connectivity index (χ0n) is 20.8. The molecular weight excluding hydrogens is 430 g/mol. The van der Waals surface area contributed by atoms with Crippen LogP contribution >= 0.6 is 0 Å². The van der Waals surface area contributed by atoms with Gasteiger partial charge in [0.15, 0.2) is 11.5 Å². The molecule has 178 valence electrons. The first-order chi connectivity index (χ1) is 16.3. The standard InChI is InChI=1S/C26H31N5O3/c1-15-11-20-13-22(33-6)23(34-7)14-21(20)25(29-31(15)26(32)27-4)19-10-8-9-18(12-19)24-16(2)28-30(5)17(24)3/h8-10,12-15H,11H2,1-7H3,(H,27,32). The van der Waals surface area contributed by atoms with Gasteiger partial charge in [-0.3, -0.25) is 4.68 Å². The highest BCUT2D eigenvalue weighted by atomic mass is 16.5. The smallest absolute Gasteiger partial charge is 0.337 e. The van der Waals surface area contributed by atoms with Crippen LogP contribution in [0.2, 0.25) is 0 Å². The Balaban J connectivity index is 1.95. The molecular formula is C26H31N5O3. The Hall–Kier alpha value is -3.81. The van der Waals surface area contributed by atoms with Crippen molar-refractivity contribution in [2.24, 2.45) is 12.1 Å². The second kappa shape index (κ2) is 9.21. The van der Waals surface area contributed by atoms with E-state index in [0.29, 0.717) is 23.6 Å². The number of hydrogen-bond acceptors (Lipinski definition) is 5.